The maximum absolute atomic E-state index is 13.4. The quantitative estimate of drug-likeness (QED) is 0.681. The summed E-state index contributed by atoms with van der Waals surface area (Å²) in [7, 11) is 0. The van der Waals surface area contributed by atoms with Gasteiger partial charge in [-0.3, -0.25) is 10.1 Å². The van der Waals surface area contributed by atoms with Gasteiger partial charge in [0.15, 0.2) is 0 Å². The molecule has 0 unspecified atom stereocenters. The Labute approximate surface area is 113 Å². The summed E-state index contributed by atoms with van der Waals surface area (Å²) >= 11 is 1.88. The normalized spacial score (nSPS) is 16.3. The monoisotopic (exact) mass is 288 g/mol. The lowest BCUT2D eigenvalue weighted by atomic mass is 10.0. The first kappa shape index (κ1) is 14.0. The van der Waals surface area contributed by atoms with Crippen molar-refractivity contribution in [2.45, 2.75) is 12.8 Å². The lowest BCUT2D eigenvalue weighted by Crippen LogP contribution is -2.19. The van der Waals surface area contributed by atoms with Gasteiger partial charge in [-0.2, -0.15) is 16.2 Å². The number of benzene rings is 1. The number of halogens is 2. The average Bonchev–Trinajstić information content (AvgIpc) is 2.36. The van der Waals surface area contributed by atoms with Gasteiger partial charge >= 0.3 is 5.69 Å². The molecule has 0 amide bonds. The molecule has 1 aromatic carbocycles. The van der Waals surface area contributed by atoms with Gasteiger partial charge in [0.05, 0.1) is 4.92 Å². The van der Waals surface area contributed by atoms with E-state index in [0.717, 1.165) is 30.4 Å². The zero-order valence-corrected chi connectivity index (χ0v) is 11.0. The minimum atomic E-state index is -1.15. The fourth-order valence-electron chi connectivity index (χ4n) is 2.09. The fourth-order valence-corrected chi connectivity index (χ4v) is 3.30. The minimum absolute atomic E-state index is 0.0827. The Morgan fingerprint density at radius 1 is 1.37 bits per heavy atom. The van der Waals surface area contributed by atoms with E-state index in [4.69, 9.17) is 0 Å². The topological polar surface area (TPSA) is 55.2 Å². The van der Waals surface area contributed by atoms with Gasteiger partial charge in [-0.15, -0.1) is 0 Å². The van der Waals surface area contributed by atoms with E-state index >= 15 is 0 Å². The third-order valence-electron chi connectivity index (χ3n) is 3.13. The maximum atomic E-state index is 13.4. The van der Waals surface area contributed by atoms with Crippen molar-refractivity contribution in [3.63, 3.8) is 0 Å². The molecule has 1 fully saturated rings. The van der Waals surface area contributed by atoms with E-state index in [2.05, 4.69) is 5.32 Å². The Kier molecular flexibility index (Phi) is 4.57. The Bertz CT molecular complexity index is 479. The SMILES string of the molecule is O=[N+]([O-])c1c(F)cc(F)cc1NCC1CCSCC1. The number of nitro benzene ring substituents is 1. The van der Waals surface area contributed by atoms with Crippen molar-refractivity contribution in [2.75, 3.05) is 23.4 Å². The third kappa shape index (κ3) is 3.56. The summed E-state index contributed by atoms with van der Waals surface area (Å²) in [4.78, 5) is 9.98. The minimum Gasteiger partial charge on any atom is -0.379 e. The third-order valence-corrected chi connectivity index (χ3v) is 4.18. The molecule has 0 aromatic heterocycles. The molecule has 0 aliphatic carbocycles. The molecule has 1 aromatic rings. The second-order valence-corrected chi connectivity index (χ2v) is 5.70. The molecule has 1 heterocycles. The lowest BCUT2D eigenvalue weighted by Gasteiger charge is -2.22. The molecular formula is C12H14F2N2O2S. The van der Waals surface area contributed by atoms with Crippen LogP contribution >= 0.6 is 11.8 Å². The van der Waals surface area contributed by atoms with Crippen LogP contribution in [0.2, 0.25) is 0 Å². The number of hydrogen-bond donors (Lipinski definition) is 1. The summed E-state index contributed by atoms with van der Waals surface area (Å²) in [6.07, 6.45) is 2.03. The van der Waals surface area contributed by atoms with Crippen LogP contribution < -0.4 is 5.32 Å². The Hall–Kier alpha value is -1.37. The highest BCUT2D eigenvalue weighted by molar-refractivity contribution is 7.99. The molecule has 1 aliphatic rings. The summed E-state index contributed by atoms with van der Waals surface area (Å²) in [5.41, 5.74) is -0.771. The van der Waals surface area contributed by atoms with Gasteiger partial charge in [0.2, 0.25) is 5.82 Å². The molecule has 0 spiro atoms. The molecule has 2 rings (SSSR count). The number of nitrogens with one attached hydrogen (secondary N) is 1. The van der Waals surface area contributed by atoms with Crippen molar-refractivity contribution in [1.82, 2.24) is 0 Å². The molecule has 19 heavy (non-hydrogen) atoms. The first-order valence-corrected chi connectivity index (χ1v) is 7.18. The fraction of sp³-hybridized carbons (Fsp3) is 0.500. The van der Waals surface area contributed by atoms with E-state index in [-0.39, 0.29) is 5.69 Å². The van der Waals surface area contributed by atoms with Gasteiger partial charge in [0, 0.05) is 18.7 Å². The lowest BCUT2D eigenvalue weighted by molar-refractivity contribution is -0.386. The van der Waals surface area contributed by atoms with Crippen molar-refractivity contribution in [1.29, 1.82) is 0 Å². The summed E-state index contributed by atoms with van der Waals surface area (Å²) in [6, 6.07) is 1.50. The molecule has 0 saturated carbocycles. The van der Waals surface area contributed by atoms with Crippen molar-refractivity contribution in [2.24, 2.45) is 5.92 Å². The van der Waals surface area contributed by atoms with Crippen LogP contribution in [0.25, 0.3) is 0 Å². The number of anilines is 1. The van der Waals surface area contributed by atoms with Crippen LogP contribution in [0.3, 0.4) is 0 Å². The largest absolute Gasteiger partial charge is 0.379 e. The van der Waals surface area contributed by atoms with Crippen molar-refractivity contribution in [3.8, 4) is 0 Å². The van der Waals surface area contributed by atoms with Crippen LogP contribution in [-0.2, 0) is 0 Å². The second kappa shape index (κ2) is 6.18. The van der Waals surface area contributed by atoms with E-state index in [1.54, 1.807) is 0 Å². The zero-order chi connectivity index (χ0) is 13.8. The van der Waals surface area contributed by atoms with Crippen LogP contribution in [0.1, 0.15) is 12.8 Å². The van der Waals surface area contributed by atoms with E-state index in [1.165, 1.54) is 0 Å². The van der Waals surface area contributed by atoms with E-state index in [0.29, 0.717) is 18.5 Å². The van der Waals surface area contributed by atoms with Gasteiger partial charge in [-0.05, 0) is 30.3 Å². The van der Waals surface area contributed by atoms with Crippen LogP contribution in [0.15, 0.2) is 12.1 Å². The molecule has 104 valence electrons. The highest BCUT2D eigenvalue weighted by atomic mass is 32.2. The summed E-state index contributed by atoms with van der Waals surface area (Å²) in [6.45, 7) is 0.504. The predicted molar refractivity (Wildman–Crippen MR) is 71.6 cm³/mol. The Morgan fingerprint density at radius 2 is 2.05 bits per heavy atom. The molecule has 1 N–H and O–H groups in total. The number of nitrogens with zero attached hydrogens (tertiary/aromatic N) is 1. The number of nitro groups is 1. The zero-order valence-electron chi connectivity index (χ0n) is 10.2. The van der Waals surface area contributed by atoms with E-state index in [9.17, 15) is 18.9 Å². The van der Waals surface area contributed by atoms with E-state index in [1.807, 2.05) is 11.8 Å². The standard InChI is InChI=1S/C12H14F2N2O2S/c13-9-5-10(14)12(16(17)18)11(6-9)15-7-8-1-3-19-4-2-8/h5-6,8,15H,1-4,7H2. The van der Waals surface area contributed by atoms with Crippen LogP contribution in [-0.4, -0.2) is 23.0 Å². The highest BCUT2D eigenvalue weighted by Crippen LogP contribution is 2.30. The Balaban J connectivity index is 2.12. The first-order chi connectivity index (χ1) is 9.08. The van der Waals surface area contributed by atoms with Crippen LogP contribution in [0.4, 0.5) is 20.2 Å². The van der Waals surface area contributed by atoms with Gasteiger partial charge in [0.1, 0.15) is 11.5 Å². The summed E-state index contributed by atoms with van der Waals surface area (Å²) in [5, 5.41) is 13.6. The molecular weight excluding hydrogens is 274 g/mol. The molecule has 0 bridgehead atoms. The van der Waals surface area contributed by atoms with Gasteiger partial charge in [0.25, 0.3) is 0 Å². The highest BCUT2D eigenvalue weighted by Gasteiger charge is 2.23. The van der Waals surface area contributed by atoms with Crippen molar-refractivity contribution in [3.05, 3.63) is 33.9 Å². The van der Waals surface area contributed by atoms with E-state index < -0.39 is 22.2 Å². The molecule has 1 aliphatic heterocycles. The molecule has 0 atom stereocenters. The average molecular weight is 288 g/mol. The number of hydrogen-bond acceptors (Lipinski definition) is 4. The molecule has 7 heteroatoms. The number of rotatable bonds is 4. The first-order valence-electron chi connectivity index (χ1n) is 6.03. The second-order valence-electron chi connectivity index (χ2n) is 4.48. The molecule has 4 nitrogen and oxygen atoms in total. The van der Waals surface area contributed by atoms with Crippen LogP contribution in [0.5, 0.6) is 0 Å². The summed E-state index contributed by atoms with van der Waals surface area (Å²) < 4.78 is 26.5. The van der Waals surface area contributed by atoms with Gasteiger partial charge < -0.3 is 5.32 Å². The van der Waals surface area contributed by atoms with Crippen molar-refractivity contribution < 1.29 is 13.7 Å². The Morgan fingerprint density at radius 3 is 2.68 bits per heavy atom. The maximum Gasteiger partial charge on any atom is 0.327 e. The number of thioether (sulfide) groups is 1. The van der Waals surface area contributed by atoms with Crippen LogP contribution in [0, 0.1) is 27.7 Å². The van der Waals surface area contributed by atoms with Gasteiger partial charge in [-0.25, -0.2) is 4.39 Å². The smallest absolute Gasteiger partial charge is 0.327 e. The summed E-state index contributed by atoms with van der Waals surface area (Å²) in [5.74, 6) is 0.557. The molecule has 1 saturated heterocycles. The van der Waals surface area contributed by atoms with Crippen molar-refractivity contribution >= 4 is 23.1 Å². The molecule has 0 radical (unpaired) electrons. The van der Waals surface area contributed by atoms with Gasteiger partial charge in [-0.1, -0.05) is 0 Å². The predicted octanol–water partition coefficient (Wildman–Crippen LogP) is 3.43.